The van der Waals surface area contributed by atoms with E-state index in [9.17, 15) is 0 Å². The second kappa shape index (κ2) is 9.86. The highest BCUT2D eigenvalue weighted by Crippen LogP contribution is 2.07. The molecule has 0 amide bonds. The molecule has 0 saturated carbocycles. The number of methoxy groups -OCH3 is 1. The molecule has 0 unspecified atom stereocenters. The summed E-state index contributed by atoms with van der Waals surface area (Å²) in [6.45, 7) is 6.16. The molecule has 0 bridgehead atoms. The smallest absolute Gasteiger partial charge is 0.0716 e. The third-order valence-electron chi connectivity index (χ3n) is 2.87. The van der Waals surface area contributed by atoms with Crippen molar-refractivity contribution in [3.63, 3.8) is 0 Å². The topological polar surface area (TPSA) is 18.5 Å². The van der Waals surface area contributed by atoms with Crippen LogP contribution in [0.25, 0.3) is 6.08 Å². The maximum Gasteiger partial charge on any atom is 0.0716 e. The Morgan fingerprint density at radius 1 is 1.00 bits per heavy atom. The first kappa shape index (κ1) is 14.9. The molecule has 0 spiro atoms. The molecule has 0 aliphatic heterocycles. The second-order valence-corrected chi connectivity index (χ2v) is 4.41. The van der Waals surface area contributed by atoms with Gasteiger partial charge in [-0.3, -0.25) is 0 Å². The summed E-state index contributed by atoms with van der Waals surface area (Å²) >= 11 is 0. The first-order valence-corrected chi connectivity index (χ1v) is 6.65. The molecule has 1 aromatic rings. The molecule has 100 valence electrons. The molecular formula is C16H24O2. The fourth-order valence-corrected chi connectivity index (χ4v) is 1.74. The summed E-state index contributed by atoms with van der Waals surface area (Å²) in [6.07, 6.45) is 6.59. The standard InChI is InChI=1S/C16H24O2/c1-3-15-8-10-16(11-9-15)14-18-13-7-5-4-6-12-17-2/h3,8-11H,1,4-7,12-14H2,2H3. The van der Waals surface area contributed by atoms with Crippen LogP contribution in [0.15, 0.2) is 30.8 Å². The van der Waals surface area contributed by atoms with E-state index >= 15 is 0 Å². The third kappa shape index (κ3) is 6.58. The number of ether oxygens (including phenoxy) is 2. The Balaban J connectivity index is 2.01. The Labute approximate surface area is 111 Å². The largest absolute Gasteiger partial charge is 0.385 e. The van der Waals surface area contributed by atoms with Gasteiger partial charge in [-0.05, 0) is 24.0 Å². The van der Waals surface area contributed by atoms with Gasteiger partial charge in [0.05, 0.1) is 6.61 Å². The van der Waals surface area contributed by atoms with E-state index in [1.54, 1.807) is 7.11 Å². The molecule has 0 aromatic heterocycles. The zero-order chi connectivity index (χ0) is 13.1. The van der Waals surface area contributed by atoms with Gasteiger partial charge in [0.15, 0.2) is 0 Å². The highest BCUT2D eigenvalue weighted by molar-refractivity contribution is 5.47. The number of benzene rings is 1. The summed E-state index contributed by atoms with van der Waals surface area (Å²) in [4.78, 5) is 0. The van der Waals surface area contributed by atoms with Crippen molar-refractivity contribution >= 4 is 6.08 Å². The van der Waals surface area contributed by atoms with Crippen LogP contribution in [-0.2, 0) is 16.1 Å². The summed E-state index contributed by atoms with van der Waals surface area (Å²) in [5.41, 5.74) is 2.37. The zero-order valence-electron chi connectivity index (χ0n) is 11.4. The number of hydrogen-bond donors (Lipinski definition) is 0. The van der Waals surface area contributed by atoms with Crippen molar-refractivity contribution < 1.29 is 9.47 Å². The highest BCUT2D eigenvalue weighted by atomic mass is 16.5. The van der Waals surface area contributed by atoms with Crippen LogP contribution in [0.5, 0.6) is 0 Å². The lowest BCUT2D eigenvalue weighted by molar-refractivity contribution is 0.116. The van der Waals surface area contributed by atoms with Crippen molar-refractivity contribution in [3.8, 4) is 0 Å². The Hall–Kier alpha value is -1.12. The van der Waals surface area contributed by atoms with Gasteiger partial charge in [-0.25, -0.2) is 0 Å². The summed E-state index contributed by atoms with van der Waals surface area (Å²) in [5, 5.41) is 0. The average molecular weight is 248 g/mol. The lowest BCUT2D eigenvalue weighted by atomic mass is 10.1. The van der Waals surface area contributed by atoms with Crippen LogP contribution < -0.4 is 0 Å². The van der Waals surface area contributed by atoms with Crippen molar-refractivity contribution in [1.29, 1.82) is 0 Å². The lowest BCUT2D eigenvalue weighted by Crippen LogP contribution is -1.96. The van der Waals surface area contributed by atoms with Gasteiger partial charge in [0, 0.05) is 20.3 Å². The highest BCUT2D eigenvalue weighted by Gasteiger charge is 1.94. The van der Waals surface area contributed by atoms with Crippen LogP contribution in [-0.4, -0.2) is 20.3 Å². The van der Waals surface area contributed by atoms with E-state index in [1.807, 2.05) is 6.08 Å². The van der Waals surface area contributed by atoms with Crippen molar-refractivity contribution in [3.05, 3.63) is 42.0 Å². The van der Waals surface area contributed by atoms with Crippen LogP contribution in [0.1, 0.15) is 36.8 Å². The maximum atomic E-state index is 5.64. The first-order chi connectivity index (χ1) is 8.86. The summed E-state index contributed by atoms with van der Waals surface area (Å²) in [7, 11) is 1.75. The van der Waals surface area contributed by atoms with Gasteiger partial charge in [0.1, 0.15) is 0 Å². The average Bonchev–Trinajstić information content (AvgIpc) is 2.42. The van der Waals surface area contributed by atoms with Crippen LogP contribution in [0.2, 0.25) is 0 Å². The molecule has 0 heterocycles. The molecule has 0 aliphatic rings. The Kier molecular flexibility index (Phi) is 8.19. The van der Waals surface area contributed by atoms with Crippen LogP contribution in [0.4, 0.5) is 0 Å². The summed E-state index contributed by atoms with van der Waals surface area (Å²) in [6, 6.07) is 8.32. The van der Waals surface area contributed by atoms with Crippen LogP contribution >= 0.6 is 0 Å². The van der Waals surface area contributed by atoms with Gasteiger partial charge in [0.25, 0.3) is 0 Å². The normalized spacial score (nSPS) is 10.5. The minimum absolute atomic E-state index is 0.704. The van der Waals surface area contributed by atoms with E-state index in [2.05, 4.69) is 30.8 Å². The predicted octanol–water partition coefficient (Wildman–Crippen LogP) is 4.05. The minimum atomic E-state index is 0.704. The van der Waals surface area contributed by atoms with Gasteiger partial charge in [-0.2, -0.15) is 0 Å². The monoisotopic (exact) mass is 248 g/mol. The quantitative estimate of drug-likeness (QED) is 0.581. The molecule has 0 fully saturated rings. The van der Waals surface area contributed by atoms with Gasteiger partial charge in [-0.1, -0.05) is 49.8 Å². The fraction of sp³-hybridized carbons (Fsp3) is 0.500. The van der Waals surface area contributed by atoms with E-state index < -0.39 is 0 Å². The number of hydrogen-bond acceptors (Lipinski definition) is 2. The number of unbranched alkanes of at least 4 members (excludes halogenated alkanes) is 3. The molecule has 18 heavy (non-hydrogen) atoms. The van der Waals surface area contributed by atoms with Gasteiger partial charge in [-0.15, -0.1) is 0 Å². The Morgan fingerprint density at radius 2 is 1.67 bits per heavy atom. The van der Waals surface area contributed by atoms with Gasteiger partial charge < -0.3 is 9.47 Å². The summed E-state index contributed by atoms with van der Waals surface area (Å²) < 4.78 is 10.7. The van der Waals surface area contributed by atoms with Gasteiger partial charge >= 0.3 is 0 Å². The molecular weight excluding hydrogens is 224 g/mol. The molecule has 2 nitrogen and oxygen atoms in total. The zero-order valence-corrected chi connectivity index (χ0v) is 11.4. The fourth-order valence-electron chi connectivity index (χ4n) is 1.74. The lowest BCUT2D eigenvalue weighted by Gasteiger charge is -2.05. The molecule has 0 radical (unpaired) electrons. The molecule has 1 rings (SSSR count). The summed E-state index contributed by atoms with van der Waals surface area (Å²) in [5.74, 6) is 0. The van der Waals surface area contributed by atoms with E-state index in [-0.39, 0.29) is 0 Å². The first-order valence-electron chi connectivity index (χ1n) is 6.65. The molecule has 0 aliphatic carbocycles. The van der Waals surface area contributed by atoms with Crippen molar-refractivity contribution in [1.82, 2.24) is 0 Å². The Bertz CT molecular complexity index is 316. The second-order valence-electron chi connectivity index (χ2n) is 4.41. The van der Waals surface area contributed by atoms with Crippen LogP contribution in [0.3, 0.4) is 0 Å². The van der Waals surface area contributed by atoms with E-state index in [4.69, 9.17) is 9.47 Å². The van der Waals surface area contributed by atoms with Crippen LogP contribution in [0, 0.1) is 0 Å². The molecule has 0 saturated heterocycles. The molecule has 1 aromatic carbocycles. The Morgan fingerprint density at radius 3 is 2.28 bits per heavy atom. The van der Waals surface area contributed by atoms with E-state index in [0.29, 0.717) is 6.61 Å². The predicted molar refractivity (Wildman–Crippen MR) is 76.5 cm³/mol. The molecule has 0 atom stereocenters. The van der Waals surface area contributed by atoms with Crippen molar-refractivity contribution in [2.75, 3.05) is 20.3 Å². The molecule has 2 heteroatoms. The van der Waals surface area contributed by atoms with Gasteiger partial charge in [0.2, 0.25) is 0 Å². The third-order valence-corrected chi connectivity index (χ3v) is 2.87. The van der Waals surface area contributed by atoms with Crippen molar-refractivity contribution in [2.45, 2.75) is 32.3 Å². The minimum Gasteiger partial charge on any atom is -0.385 e. The van der Waals surface area contributed by atoms with E-state index in [1.165, 1.54) is 18.4 Å². The van der Waals surface area contributed by atoms with E-state index in [0.717, 1.165) is 31.6 Å². The molecule has 0 N–H and O–H groups in total. The maximum absolute atomic E-state index is 5.64. The SMILES string of the molecule is C=Cc1ccc(COCCCCCCOC)cc1. The van der Waals surface area contributed by atoms with Crippen molar-refractivity contribution in [2.24, 2.45) is 0 Å². The number of rotatable bonds is 10.